The minimum Gasteiger partial charge on any atom is -0.313 e. The average Bonchev–Trinajstić information content (AvgIpc) is 2.60. The zero-order valence-electron chi connectivity index (χ0n) is 10.1. The number of hydrogen-bond acceptors (Lipinski definition) is 2. The Morgan fingerprint density at radius 2 is 2.18 bits per heavy atom. The molecule has 0 bridgehead atoms. The smallest absolute Gasteiger partial charge is 0.274 e. The maximum atomic E-state index is 12.2. The molecule has 1 saturated heterocycles. The highest BCUT2D eigenvalue weighted by atomic mass is 31.0. The first-order valence-corrected chi connectivity index (χ1v) is 6.41. The molecule has 0 saturated carbocycles. The molecule has 0 N–H and O–H groups in total. The van der Waals surface area contributed by atoms with Gasteiger partial charge in [0.05, 0.1) is 0 Å². The summed E-state index contributed by atoms with van der Waals surface area (Å²) in [4.78, 5) is 25.6. The molecule has 2 rings (SSSR count). The minimum absolute atomic E-state index is 0.0489. The molecule has 1 aliphatic rings. The number of aryl methyl sites for hydroxylation is 1. The van der Waals surface area contributed by atoms with Crippen LogP contribution in [0.3, 0.4) is 0 Å². The highest BCUT2D eigenvalue weighted by molar-refractivity contribution is 7.27. The van der Waals surface area contributed by atoms with Crippen LogP contribution in [-0.4, -0.2) is 17.0 Å². The second-order valence-corrected chi connectivity index (χ2v) is 5.23. The Balaban J connectivity index is 2.49. The molecule has 1 amide bonds. The van der Waals surface area contributed by atoms with E-state index in [4.69, 9.17) is 0 Å². The lowest BCUT2D eigenvalue weighted by Crippen LogP contribution is -2.34. The molecular weight excluding hydrogens is 235 g/mol. The zero-order chi connectivity index (χ0) is 12.6. The van der Waals surface area contributed by atoms with E-state index in [2.05, 4.69) is 9.24 Å². The van der Waals surface area contributed by atoms with E-state index in [1.54, 1.807) is 21.7 Å². The van der Waals surface area contributed by atoms with Gasteiger partial charge in [0.15, 0.2) is 0 Å². The van der Waals surface area contributed by atoms with E-state index >= 15 is 0 Å². The molecule has 0 aromatic carbocycles. The molecule has 17 heavy (non-hydrogen) atoms. The third kappa shape index (κ3) is 2.27. The van der Waals surface area contributed by atoms with Crippen LogP contribution in [0.1, 0.15) is 20.3 Å². The fourth-order valence-corrected chi connectivity index (χ4v) is 2.53. The van der Waals surface area contributed by atoms with E-state index in [1.807, 2.05) is 13.8 Å². The fraction of sp³-hybridized carbons (Fsp3) is 0.500. The summed E-state index contributed by atoms with van der Waals surface area (Å²) in [6.45, 7) is 5.21. The van der Waals surface area contributed by atoms with Gasteiger partial charge in [-0.3, -0.25) is 9.59 Å². The number of carbonyl (C=O) groups is 1. The Kier molecular flexibility index (Phi) is 3.34. The van der Waals surface area contributed by atoms with Crippen LogP contribution in [0.4, 0.5) is 5.69 Å². The van der Waals surface area contributed by atoms with E-state index in [0.717, 1.165) is 5.30 Å². The van der Waals surface area contributed by atoms with Crippen LogP contribution in [0, 0.1) is 5.92 Å². The third-order valence-corrected chi connectivity index (χ3v) is 3.35. The van der Waals surface area contributed by atoms with Gasteiger partial charge in [-0.1, -0.05) is 6.92 Å². The number of rotatable bonds is 2. The first-order chi connectivity index (χ1) is 8.02. The van der Waals surface area contributed by atoms with Crippen molar-refractivity contribution in [2.75, 3.05) is 11.4 Å². The zero-order valence-corrected chi connectivity index (χ0v) is 11.3. The van der Waals surface area contributed by atoms with Crippen LogP contribution < -0.4 is 15.8 Å². The van der Waals surface area contributed by atoms with Gasteiger partial charge in [0, 0.05) is 25.7 Å². The maximum Gasteiger partial charge on any atom is 0.274 e. The van der Waals surface area contributed by atoms with Crippen molar-refractivity contribution < 1.29 is 4.79 Å². The van der Waals surface area contributed by atoms with Gasteiger partial charge >= 0.3 is 0 Å². The van der Waals surface area contributed by atoms with Crippen molar-refractivity contribution in [1.82, 2.24) is 4.57 Å². The molecular formula is C12H17N2O2P. The van der Waals surface area contributed by atoms with Gasteiger partial charge in [-0.25, -0.2) is 0 Å². The lowest BCUT2D eigenvalue weighted by Gasteiger charge is -2.17. The summed E-state index contributed by atoms with van der Waals surface area (Å²) in [6, 6.07) is 1.77. The van der Waals surface area contributed by atoms with Gasteiger partial charge in [0.1, 0.15) is 5.69 Å². The maximum absolute atomic E-state index is 12.2. The Hall–Kier alpha value is -1.15. The van der Waals surface area contributed by atoms with Gasteiger partial charge in [0.2, 0.25) is 5.91 Å². The first-order valence-electron chi connectivity index (χ1n) is 5.83. The van der Waals surface area contributed by atoms with Crippen LogP contribution >= 0.6 is 9.24 Å². The molecule has 92 valence electrons. The summed E-state index contributed by atoms with van der Waals surface area (Å²) < 4.78 is 1.63. The lowest BCUT2D eigenvalue weighted by molar-refractivity contribution is -0.117. The molecule has 1 aromatic heterocycles. The van der Waals surface area contributed by atoms with Crippen molar-refractivity contribution in [3.63, 3.8) is 0 Å². The lowest BCUT2D eigenvalue weighted by atomic mass is 10.2. The van der Waals surface area contributed by atoms with Crippen molar-refractivity contribution in [2.45, 2.75) is 26.8 Å². The summed E-state index contributed by atoms with van der Waals surface area (Å²) in [7, 11) is 2.58. The second kappa shape index (κ2) is 4.61. The SMILES string of the molecule is CCn1cc(P)cc(N2C[C@@H](C)CC2=O)c1=O. The monoisotopic (exact) mass is 252 g/mol. The minimum atomic E-state index is -0.0823. The number of aromatic nitrogens is 1. The quantitative estimate of drug-likeness (QED) is 0.729. The Morgan fingerprint density at radius 3 is 2.71 bits per heavy atom. The molecule has 0 aliphatic carbocycles. The van der Waals surface area contributed by atoms with Crippen LogP contribution in [0.15, 0.2) is 17.1 Å². The Morgan fingerprint density at radius 1 is 1.47 bits per heavy atom. The van der Waals surface area contributed by atoms with Gasteiger partial charge in [-0.15, -0.1) is 9.24 Å². The highest BCUT2D eigenvalue weighted by Gasteiger charge is 2.29. The van der Waals surface area contributed by atoms with Gasteiger partial charge in [-0.05, 0) is 24.2 Å². The molecule has 2 heterocycles. The Labute approximate surface area is 103 Å². The molecule has 4 nitrogen and oxygen atoms in total. The molecule has 1 aliphatic heterocycles. The fourth-order valence-electron chi connectivity index (χ4n) is 2.19. The molecule has 0 radical (unpaired) electrons. The molecule has 1 unspecified atom stereocenters. The van der Waals surface area contributed by atoms with E-state index < -0.39 is 0 Å². The number of nitrogens with zero attached hydrogens (tertiary/aromatic N) is 2. The van der Waals surface area contributed by atoms with E-state index in [1.165, 1.54) is 0 Å². The number of amides is 1. The molecule has 2 atom stereocenters. The standard InChI is InChI=1S/C12H17N2O2P/c1-3-13-7-9(17)5-10(12(13)16)14-6-8(2)4-11(14)15/h5,7-8H,3-4,6,17H2,1-2H3/t8-/m0/s1. The number of anilines is 1. The van der Waals surface area contributed by atoms with Crippen LogP contribution in [0.2, 0.25) is 0 Å². The van der Waals surface area contributed by atoms with Crippen LogP contribution in [0.25, 0.3) is 0 Å². The number of pyridine rings is 1. The first kappa shape index (κ1) is 12.3. The van der Waals surface area contributed by atoms with Gasteiger partial charge < -0.3 is 9.47 Å². The molecule has 5 heteroatoms. The summed E-state index contributed by atoms with van der Waals surface area (Å²) >= 11 is 0. The van der Waals surface area contributed by atoms with Crippen molar-refractivity contribution >= 4 is 26.1 Å². The molecule has 1 fully saturated rings. The van der Waals surface area contributed by atoms with Crippen molar-refractivity contribution in [3.05, 3.63) is 22.6 Å². The largest absolute Gasteiger partial charge is 0.313 e. The predicted octanol–water partition coefficient (Wildman–Crippen LogP) is 0.741. The van der Waals surface area contributed by atoms with Gasteiger partial charge in [0.25, 0.3) is 5.56 Å². The molecule has 1 aromatic rings. The summed E-state index contributed by atoms with van der Waals surface area (Å²) in [5, 5.41) is 0.925. The van der Waals surface area contributed by atoms with Crippen LogP contribution in [0.5, 0.6) is 0 Å². The van der Waals surface area contributed by atoms with Crippen molar-refractivity contribution in [3.8, 4) is 0 Å². The van der Waals surface area contributed by atoms with E-state index in [9.17, 15) is 9.59 Å². The van der Waals surface area contributed by atoms with E-state index in [0.29, 0.717) is 31.1 Å². The third-order valence-electron chi connectivity index (χ3n) is 3.04. The summed E-state index contributed by atoms with van der Waals surface area (Å²) in [6.07, 6.45) is 2.33. The molecule has 0 spiro atoms. The Bertz CT molecular complexity index is 510. The predicted molar refractivity (Wildman–Crippen MR) is 71.9 cm³/mol. The number of hydrogen-bond donors (Lipinski definition) is 0. The topological polar surface area (TPSA) is 42.3 Å². The summed E-state index contributed by atoms with van der Waals surface area (Å²) in [5.41, 5.74) is 0.426. The van der Waals surface area contributed by atoms with Crippen molar-refractivity contribution in [1.29, 1.82) is 0 Å². The van der Waals surface area contributed by atoms with Crippen LogP contribution in [-0.2, 0) is 11.3 Å². The van der Waals surface area contributed by atoms with E-state index in [-0.39, 0.29) is 11.5 Å². The van der Waals surface area contributed by atoms with Gasteiger partial charge in [-0.2, -0.15) is 0 Å². The summed E-state index contributed by atoms with van der Waals surface area (Å²) in [5.74, 6) is 0.373. The number of carbonyl (C=O) groups excluding carboxylic acids is 1. The second-order valence-electron chi connectivity index (χ2n) is 4.56. The highest BCUT2D eigenvalue weighted by Crippen LogP contribution is 2.21. The van der Waals surface area contributed by atoms with Crippen molar-refractivity contribution in [2.24, 2.45) is 5.92 Å². The normalized spacial score (nSPS) is 20.1. The average molecular weight is 252 g/mol.